The van der Waals surface area contributed by atoms with Crippen molar-refractivity contribution in [2.75, 3.05) is 32.6 Å². The molecule has 10 heteroatoms. The first-order valence-corrected chi connectivity index (χ1v) is 11.0. The van der Waals surface area contributed by atoms with Gasteiger partial charge in [-0.15, -0.1) is 0 Å². The summed E-state index contributed by atoms with van der Waals surface area (Å²) in [6.07, 6.45) is -2.58. The minimum absolute atomic E-state index is 0.138. The second-order valence-corrected chi connectivity index (χ2v) is 8.34. The minimum Gasteiger partial charge on any atom is -0.493 e. The van der Waals surface area contributed by atoms with Gasteiger partial charge in [0.1, 0.15) is 6.04 Å². The number of carbonyl (C=O) groups excluding carboxylic acids is 2. The Hall–Kier alpha value is -3.43. The van der Waals surface area contributed by atoms with E-state index in [4.69, 9.17) is 9.47 Å². The Bertz CT molecular complexity index is 1070. The maximum atomic E-state index is 13.3. The zero-order valence-electron chi connectivity index (χ0n) is 18.9. The second kappa shape index (κ2) is 9.44. The van der Waals surface area contributed by atoms with Crippen molar-refractivity contribution in [1.82, 2.24) is 9.80 Å². The number of likely N-dealkylation sites (tertiary alicyclic amines) is 1. The number of nitrogens with zero attached hydrogens (tertiary/aromatic N) is 2. The van der Waals surface area contributed by atoms with Gasteiger partial charge in [0.15, 0.2) is 11.5 Å². The van der Waals surface area contributed by atoms with Crippen molar-refractivity contribution in [2.24, 2.45) is 0 Å². The van der Waals surface area contributed by atoms with Gasteiger partial charge in [0.25, 0.3) is 0 Å². The van der Waals surface area contributed by atoms with E-state index in [2.05, 4.69) is 5.32 Å². The summed E-state index contributed by atoms with van der Waals surface area (Å²) in [5.74, 6) is 1.09. The quantitative estimate of drug-likeness (QED) is 0.713. The molecule has 7 nitrogen and oxygen atoms in total. The lowest BCUT2D eigenvalue weighted by Crippen LogP contribution is -2.50. The maximum Gasteiger partial charge on any atom is 0.416 e. The number of alkyl halides is 3. The molecule has 0 spiro atoms. The van der Waals surface area contributed by atoms with Gasteiger partial charge in [0, 0.05) is 25.3 Å². The number of amides is 3. The lowest BCUT2D eigenvalue weighted by Gasteiger charge is -2.34. The van der Waals surface area contributed by atoms with Gasteiger partial charge in [0.2, 0.25) is 5.91 Å². The second-order valence-electron chi connectivity index (χ2n) is 8.34. The summed E-state index contributed by atoms with van der Waals surface area (Å²) in [6, 6.07) is 6.92. The standard InChI is InChI=1S/C24H26F3N3O4/c1-33-20-12-15-9-11-29(14-16(15)13-21(20)34-2)22(31)19-4-3-10-30(19)23(32)28-18-7-5-17(6-8-18)24(25,26)27/h5-8,12-13,19H,3-4,9-11,14H2,1-2H3,(H,28,32). The van der Waals surface area contributed by atoms with Gasteiger partial charge in [-0.1, -0.05) is 0 Å². The van der Waals surface area contributed by atoms with Gasteiger partial charge in [-0.25, -0.2) is 4.79 Å². The van der Waals surface area contributed by atoms with Crippen molar-refractivity contribution in [3.63, 3.8) is 0 Å². The van der Waals surface area contributed by atoms with Crippen LogP contribution in [0.2, 0.25) is 0 Å². The maximum absolute atomic E-state index is 13.3. The lowest BCUT2D eigenvalue weighted by molar-refractivity contribution is -0.137. The van der Waals surface area contributed by atoms with E-state index in [0.29, 0.717) is 50.4 Å². The van der Waals surface area contributed by atoms with Crippen LogP contribution in [0.3, 0.4) is 0 Å². The Morgan fingerprint density at radius 3 is 2.26 bits per heavy atom. The third-order valence-corrected chi connectivity index (χ3v) is 6.29. The number of urea groups is 1. The van der Waals surface area contributed by atoms with Crippen molar-refractivity contribution in [2.45, 2.75) is 38.0 Å². The number of rotatable bonds is 4. The largest absolute Gasteiger partial charge is 0.493 e. The molecule has 1 unspecified atom stereocenters. The molecule has 0 bridgehead atoms. The summed E-state index contributed by atoms with van der Waals surface area (Å²) >= 11 is 0. The van der Waals surface area contributed by atoms with Crippen molar-refractivity contribution >= 4 is 17.6 Å². The van der Waals surface area contributed by atoms with Gasteiger partial charge in [-0.05, 0) is 66.8 Å². The van der Waals surface area contributed by atoms with Crippen LogP contribution in [-0.4, -0.2) is 55.1 Å². The van der Waals surface area contributed by atoms with Crippen LogP contribution in [0.25, 0.3) is 0 Å². The van der Waals surface area contributed by atoms with Gasteiger partial charge >= 0.3 is 12.2 Å². The third-order valence-electron chi connectivity index (χ3n) is 6.29. The number of nitrogens with one attached hydrogen (secondary N) is 1. The number of anilines is 1. The van der Waals surface area contributed by atoms with Crippen LogP contribution in [0.15, 0.2) is 36.4 Å². The van der Waals surface area contributed by atoms with Crippen molar-refractivity contribution in [3.05, 3.63) is 53.1 Å². The van der Waals surface area contributed by atoms with Crippen molar-refractivity contribution in [3.8, 4) is 11.5 Å². The predicted molar refractivity (Wildman–Crippen MR) is 119 cm³/mol. The number of ether oxygens (including phenoxy) is 2. The molecule has 2 aromatic carbocycles. The molecule has 1 fully saturated rings. The fraction of sp³-hybridized carbons (Fsp3) is 0.417. The zero-order chi connectivity index (χ0) is 24.5. The number of halogens is 3. The van der Waals surface area contributed by atoms with E-state index in [0.717, 1.165) is 23.3 Å². The molecule has 1 saturated heterocycles. The Morgan fingerprint density at radius 2 is 1.65 bits per heavy atom. The zero-order valence-corrected chi connectivity index (χ0v) is 18.9. The van der Waals surface area contributed by atoms with Crippen LogP contribution >= 0.6 is 0 Å². The monoisotopic (exact) mass is 477 g/mol. The average molecular weight is 477 g/mol. The van der Waals surface area contributed by atoms with Gasteiger partial charge < -0.3 is 24.6 Å². The highest BCUT2D eigenvalue weighted by Gasteiger charge is 2.38. The Balaban J connectivity index is 1.44. The SMILES string of the molecule is COc1cc2c(cc1OC)CN(C(=O)C1CCCN1C(=O)Nc1ccc(C(F)(F)F)cc1)CC2. The van der Waals surface area contributed by atoms with E-state index in [1.54, 1.807) is 19.1 Å². The van der Waals surface area contributed by atoms with E-state index < -0.39 is 23.8 Å². The van der Waals surface area contributed by atoms with Crippen LogP contribution < -0.4 is 14.8 Å². The summed E-state index contributed by atoms with van der Waals surface area (Å²) in [4.78, 5) is 29.4. The molecule has 0 aliphatic carbocycles. The first-order chi connectivity index (χ1) is 16.2. The third kappa shape index (κ3) is 4.76. The van der Waals surface area contributed by atoms with E-state index in [9.17, 15) is 22.8 Å². The highest BCUT2D eigenvalue weighted by molar-refractivity contribution is 5.94. The molecular formula is C24H26F3N3O4. The van der Waals surface area contributed by atoms with E-state index >= 15 is 0 Å². The highest BCUT2D eigenvalue weighted by Crippen LogP contribution is 2.34. The summed E-state index contributed by atoms with van der Waals surface area (Å²) in [7, 11) is 3.13. The number of methoxy groups -OCH3 is 2. The number of hydrogen-bond acceptors (Lipinski definition) is 4. The van der Waals surface area contributed by atoms with Crippen LogP contribution in [0.5, 0.6) is 11.5 Å². The molecule has 0 radical (unpaired) electrons. The number of benzene rings is 2. The summed E-state index contributed by atoms with van der Waals surface area (Å²) in [6.45, 7) is 1.32. The van der Waals surface area contributed by atoms with Crippen LogP contribution in [0.4, 0.5) is 23.7 Å². The average Bonchev–Trinajstić information content (AvgIpc) is 3.32. The summed E-state index contributed by atoms with van der Waals surface area (Å²) in [5, 5.41) is 2.61. The number of fused-ring (bicyclic) bond motifs is 1. The molecule has 34 heavy (non-hydrogen) atoms. The molecule has 182 valence electrons. The molecule has 2 heterocycles. The lowest BCUT2D eigenvalue weighted by atomic mass is 9.98. The summed E-state index contributed by atoms with van der Waals surface area (Å²) < 4.78 is 49.0. The number of carbonyl (C=O) groups is 2. The van der Waals surface area contributed by atoms with E-state index in [1.807, 2.05) is 12.1 Å². The Kier molecular flexibility index (Phi) is 6.58. The van der Waals surface area contributed by atoms with Crippen LogP contribution in [0.1, 0.15) is 29.5 Å². The molecule has 4 rings (SSSR count). The summed E-state index contributed by atoms with van der Waals surface area (Å²) in [5.41, 5.74) is 1.50. The van der Waals surface area contributed by atoms with Crippen LogP contribution in [0, 0.1) is 0 Å². The Morgan fingerprint density at radius 1 is 1.00 bits per heavy atom. The predicted octanol–water partition coefficient (Wildman–Crippen LogP) is 4.30. The molecule has 0 aromatic heterocycles. The van der Waals surface area contributed by atoms with Crippen molar-refractivity contribution in [1.29, 1.82) is 0 Å². The first kappa shape index (κ1) is 23.7. The fourth-order valence-electron chi connectivity index (χ4n) is 4.49. The molecule has 0 saturated carbocycles. The molecule has 2 aromatic rings. The van der Waals surface area contributed by atoms with Gasteiger partial charge in [-0.3, -0.25) is 4.79 Å². The highest BCUT2D eigenvalue weighted by atomic mass is 19.4. The first-order valence-electron chi connectivity index (χ1n) is 11.0. The Labute approximate surface area is 195 Å². The van der Waals surface area contributed by atoms with Gasteiger partial charge in [0.05, 0.1) is 19.8 Å². The molecule has 1 atom stereocenters. The molecule has 2 aliphatic rings. The van der Waals surface area contributed by atoms with Gasteiger partial charge in [-0.2, -0.15) is 13.2 Å². The topological polar surface area (TPSA) is 71.1 Å². The van der Waals surface area contributed by atoms with E-state index in [-0.39, 0.29) is 11.6 Å². The van der Waals surface area contributed by atoms with Crippen LogP contribution in [-0.2, 0) is 23.9 Å². The van der Waals surface area contributed by atoms with Crippen molar-refractivity contribution < 1.29 is 32.2 Å². The van der Waals surface area contributed by atoms with E-state index in [1.165, 1.54) is 17.0 Å². The minimum atomic E-state index is -4.45. The number of hydrogen-bond donors (Lipinski definition) is 1. The fourth-order valence-corrected chi connectivity index (χ4v) is 4.49. The normalized spacial score (nSPS) is 17.9. The molecule has 3 amide bonds. The molecule has 1 N–H and O–H groups in total. The smallest absolute Gasteiger partial charge is 0.416 e. The molecular weight excluding hydrogens is 451 g/mol. The molecule has 2 aliphatic heterocycles.